The highest BCUT2D eigenvalue weighted by Gasteiger charge is 2.30. The van der Waals surface area contributed by atoms with Crippen LogP contribution in [0.4, 0.5) is 0 Å². The number of halogens is 1. The largest absolute Gasteiger partial charge is 0.331 e. The lowest BCUT2D eigenvalue weighted by Gasteiger charge is -2.39. The van der Waals surface area contributed by atoms with Gasteiger partial charge in [-0.3, -0.25) is 9.58 Å². The van der Waals surface area contributed by atoms with Gasteiger partial charge in [-0.05, 0) is 35.2 Å². The topological polar surface area (TPSA) is 38.9 Å². The number of hydrogen-bond acceptors (Lipinski definition) is 3. The fourth-order valence-electron chi connectivity index (χ4n) is 3.18. The summed E-state index contributed by atoms with van der Waals surface area (Å²) < 4.78 is 5.53. The van der Waals surface area contributed by atoms with E-state index in [0.717, 1.165) is 30.7 Å². The molecule has 2 aliphatic rings. The van der Waals surface area contributed by atoms with Gasteiger partial charge in [-0.1, -0.05) is 0 Å². The van der Waals surface area contributed by atoms with E-state index in [-0.39, 0.29) is 0 Å². The summed E-state index contributed by atoms with van der Waals surface area (Å²) in [5, 5.41) is 4.36. The van der Waals surface area contributed by atoms with Gasteiger partial charge in [0.15, 0.2) is 0 Å². The average molecular weight is 336 g/mol. The van der Waals surface area contributed by atoms with Gasteiger partial charge in [0.2, 0.25) is 0 Å². The van der Waals surface area contributed by atoms with Crippen LogP contribution in [0.1, 0.15) is 30.4 Å². The molecule has 106 valence electrons. The Balaban J connectivity index is 1.39. The molecule has 0 aliphatic carbocycles. The number of rotatable bonds is 3. The highest BCUT2D eigenvalue weighted by atomic mass is 79.9. The molecule has 2 aromatic rings. The highest BCUT2D eigenvalue weighted by molar-refractivity contribution is 9.10. The third kappa shape index (κ3) is 2.20. The van der Waals surface area contributed by atoms with Crippen LogP contribution in [-0.4, -0.2) is 37.3 Å². The molecule has 5 nitrogen and oxygen atoms in total. The normalized spacial score (nSPS) is 19.9. The molecule has 0 amide bonds. The number of imidazole rings is 1. The molecule has 0 N–H and O–H groups in total. The van der Waals surface area contributed by atoms with Gasteiger partial charge in [0, 0.05) is 37.7 Å². The van der Waals surface area contributed by atoms with E-state index in [9.17, 15) is 0 Å². The summed E-state index contributed by atoms with van der Waals surface area (Å²) in [5.74, 6) is 1.24. The summed E-state index contributed by atoms with van der Waals surface area (Å²) in [4.78, 5) is 7.06. The summed E-state index contributed by atoms with van der Waals surface area (Å²) in [7, 11) is 0. The SMILES string of the molecule is Brc1cnn(C2CN(Cc3ncc4n3CCCC4)C2)c1. The lowest BCUT2D eigenvalue weighted by Crippen LogP contribution is -2.47. The fourth-order valence-corrected chi connectivity index (χ4v) is 3.48. The van der Waals surface area contributed by atoms with E-state index in [1.54, 1.807) is 0 Å². The molecule has 0 radical (unpaired) electrons. The zero-order chi connectivity index (χ0) is 13.5. The van der Waals surface area contributed by atoms with Crippen molar-refractivity contribution in [3.63, 3.8) is 0 Å². The molecule has 1 saturated heterocycles. The first kappa shape index (κ1) is 12.6. The van der Waals surface area contributed by atoms with Crippen LogP contribution in [0.3, 0.4) is 0 Å². The molecule has 0 aromatic carbocycles. The first-order valence-corrected chi connectivity index (χ1v) is 8.04. The molecular weight excluding hydrogens is 318 g/mol. The van der Waals surface area contributed by atoms with Crippen molar-refractivity contribution in [3.05, 3.63) is 34.6 Å². The van der Waals surface area contributed by atoms with Crippen LogP contribution in [0.2, 0.25) is 0 Å². The summed E-state index contributed by atoms with van der Waals surface area (Å²) in [6, 6.07) is 0.511. The van der Waals surface area contributed by atoms with E-state index in [0.29, 0.717) is 6.04 Å². The van der Waals surface area contributed by atoms with Crippen LogP contribution in [0.25, 0.3) is 0 Å². The third-order valence-corrected chi connectivity index (χ3v) is 4.74. The minimum absolute atomic E-state index is 0.511. The van der Waals surface area contributed by atoms with E-state index in [2.05, 4.69) is 52.6 Å². The number of hydrogen-bond donors (Lipinski definition) is 0. The highest BCUT2D eigenvalue weighted by Crippen LogP contribution is 2.25. The van der Waals surface area contributed by atoms with Crippen molar-refractivity contribution >= 4 is 15.9 Å². The van der Waals surface area contributed by atoms with E-state index < -0.39 is 0 Å². The maximum absolute atomic E-state index is 4.61. The summed E-state index contributed by atoms with van der Waals surface area (Å²) in [6.07, 6.45) is 9.77. The van der Waals surface area contributed by atoms with Crippen molar-refractivity contribution in [2.45, 2.75) is 38.4 Å². The Morgan fingerprint density at radius 2 is 2.15 bits per heavy atom. The standard InChI is InChI=1S/C14H18BrN5/c15-11-5-17-20(7-11)13-8-18(9-13)10-14-16-6-12-3-1-2-4-19(12)14/h5-7,13H,1-4,8-10H2. The predicted octanol–water partition coefficient (Wildman–Crippen LogP) is 2.24. The van der Waals surface area contributed by atoms with Gasteiger partial charge >= 0.3 is 0 Å². The molecule has 20 heavy (non-hydrogen) atoms. The molecule has 0 atom stereocenters. The van der Waals surface area contributed by atoms with Crippen molar-refractivity contribution in [1.29, 1.82) is 0 Å². The quantitative estimate of drug-likeness (QED) is 0.863. The molecular formula is C14H18BrN5. The van der Waals surface area contributed by atoms with E-state index in [4.69, 9.17) is 0 Å². The van der Waals surface area contributed by atoms with E-state index in [1.165, 1.54) is 30.8 Å². The Labute approximate surface area is 126 Å². The van der Waals surface area contributed by atoms with Gasteiger partial charge in [0.1, 0.15) is 5.82 Å². The number of aromatic nitrogens is 4. The fraction of sp³-hybridized carbons (Fsp3) is 0.571. The van der Waals surface area contributed by atoms with Crippen molar-refractivity contribution in [2.75, 3.05) is 13.1 Å². The lowest BCUT2D eigenvalue weighted by atomic mass is 10.1. The minimum atomic E-state index is 0.511. The molecule has 0 spiro atoms. The molecule has 6 heteroatoms. The van der Waals surface area contributed by atoms with E-state index in [1.807, 2.05) is 6.20 Å². The number of fused-ring (bicyclic) bond motifs is 1. The molecule has 4 rings (SSSR count). The van der Waals surface area contributed by atoms with Gasteiger partial charge in [-0.25, -0.2) is 4.98 Å². The number of aryl methyl sites for hydroxylation is 1. The molecule has 0 bridgehead atoms. The molecule has 2 aromatic heterocycles. The summed E-state index contributed by atoms with van der Waals surface area (Å²) in [6.45, 7) is 4.25. The van der Waals surface area contributed by atoms with Gasteiger partial charge in [-0.2, -0.15) is 5.10 Å². The second-order valence-corrected chi connectivity index (χ2v) is 6.68. The van der Waals surface area contributed by atoms with Gasteiger partial charge in [0.25, 0.3) is 0 Å². The molecule has 0 unspecified atom stereocenters. The maximum Gasteiger partial charge on any atom is 0.123 e. The van der Waals surface area contributed by atoms with Gasteiger partial charge in [-0.15, -0.1) is 0 Å². The van der Waals surface area contributed by atoms with Crippen LogP contribution in [0.5, 0.6) is 0 Å². The Bertz CT molecular complexity index is 611. The predicted molar refractivity (Wildman–Crippen MR) is 79.4 cm³/mol. The van der Waals surface area contributed by atoms with Crippen molar-refractivity contribution in [3.8, 4) is 0 Å². The van der Waals surface area contributed by atoms with E-state index >= 15 is 0 Å². The second-order valence-electron chi connectivity index (χ2n) is 5.76. The zero-order valence-corrected chi connectivity index (χ0v) is 13.0. The first-order valence-electron chi connectivity index (χ1n) is 7.25. The number of nitrogens with zero attached hydrogens (tertiary/aromatic N) is 5. The molecule has 2 aliphatic heterocycles. The minimum Gasteiger partial charge on any atom is -0.331 e. The Hall–Kier alpha value is -1.14. The van der Waals surface area contributed by atoms with Crippen LogP contribution in [0.15, 0.2) is 23.1 Å². The second kappa shape index (κ2) is 5.00. The molecule has 1 fully saturated rings. The Morgan fingerprint density at radius 3 is 2.95 bits per heavy atom. The summed E-state index contributed by atoms with van der Waals surface area (Å²) in [5.41, 5.74) is 1.42. The van der Waals surface area contributed by atoms with Crippen LogP contribution < -0.4 is 0 Å². The smallest absolute Gasteiger partial charge is 0.123 e. The van der Waals surface area contributed by atoms with Gasteiger partial charge < -0.3 is 4.57 Å². The van der Waals surface area contributed by atoms with Crippen molar-refractivity contribution < 1.29 is 0 Å². The van der Waals surface area contributed by atoms with Crippen LogP contribution in [0, 0.1) is 0 Å². The molecule has 4 heterocycles. The maximum atomic E-state index is 4.61. The zero-order valence-electron chi connectivity index (χ0n) is 11.4. The van der Waals surface area contributed by atoms with Crippen molar-refractivity contribution in [1.82, 2.24) is 24.2 Å². The van der Waals surface area contributed by atoms with Crippen molar-refractivity contribution in [2.24, 2.45) is 0 Å². The summed E-state index contributed by atoms with van der Waals surface area (Å²) >= 11 is 3.45. The lowest BCUT2D eigenvalue weighted by molar-refractivity contribution is 0.0865. The number of likely N-dealkylation sites (tertiary alicyclic amines) is 1. The first-order chi connectivity index (χ1) is 9.79. The molecule has 0 saturated carbocycles. The Morgan fingerprint density at radius 1 is 1.25 bits per heavy atom. The monoisotopic (exact) mass is 335 g/mol. The third-order valence-electron chi connectivity index (χ3n) is 4.33. The average Bonchev–Trinajstić information content (AvgIpc) is 3.00. The van der Waals surface area contributed by atoms with Gasteiger partial charge in [0.05, 0.1) is 23.3 Å². The van der Waals surface area contributed by atoms with Crippen LogP contribution >= 0.6 is 15.9 Å². The Kier molecular flexibility index (Phi) is 3.15. The van der Waals surface area contributed by atoms with Crippen LogP contribution in [-0.2, 0) is 19.5 Å².